The molecule has 3 aromatic rings. The van der Waals surface area contributed by atoms with Crippen LogP contribution in [0.4, 0.5) is 17.1 Å². The first kappa shape index (κ1) is 16.1. The lowest BCUT2D eigenvalue weighted by Gasteiger charge is -2.11. The Morgan fingerprint density at radius 3 is 2.50 bits per heavy atom. The fourth-order valence-electron chi connectivity index (χ4n) is 3.18. The highest BCUT2D eigenvalue weighted by Gasteiger charge is 2.18. The molecule has 1 unspecified atom stereocenters. The van der Waals surface area contributed by atoms with E-state index in [1.165, 1.54) is 11.1 Å². The van der Waals surface area contributed by atoms with Crippen molar-refractivity contribution in [3.05, 3.63) is 89.5 Å². The highest BCUT2D eigenvalue weighted by molar-refractivity contribution is 6.05. The van der Waals surface area contributed by atoms with Crippen LogP contribution in [0, 0.1) is 0 Å². The lowest BCUT2D eigenvalue weighted by Crippen LogP contribution is -2.13. The minimum atomic E-state index is -0.165. The van der Waals surface area contributed by atoms with Gasteiger partial charge in [0.2, 0.25) is 0 Å². The Hall–Kier alpha value is -3.40. The molecular formula is C22H19N3O. The quantitative estimate of drug-likeness (QED) is 0.683. The first-order valence-corrected chi connectivity index (χ1v) is 8.58. The fourth-order valence-corrected chi connectivity index (χ4v) is 3.18. The lowest BCUT2D eigenvalue weighted by molar-refractivity contribution is 0.102. The van der Waals surface area contributed by atoms with Crippen LogP contribution in [0.1, 0.15) is 27.4 Å². The van der Waals surface area contributed by atoms with Crippen LogP contribution < -0.4 is 11.1 Å². The smallest absolute Gasteiger partial charge is 0.255 e. The van der Waals surface area contributed by atoms with Gasteiger partial charge in [-0.25, -0.2) is 0 Å². The third-order valence-electron chi connectivity index (χ3n) is 4.61. The van der Waals surface area contributed by atoms with Gasteiger partial charge in [0.15, 0.2) is 0 Å². The van der Waals surface area contributed by atoms with Crippen molar-refractivity contribution in [2.45, 2.75) is 12.3 Å². The van der Waals surface area contributed by atoms with E-state index in [1.807, 2.05) is 60.8 Å². The molecule has 4 nitrogen and oxygen atoms in total. The zero-order chi connectivity index (χ0) is 17.9. The molecule has 4 heteroatoms. The van der Waals surface area contributed by atoms with Crippen molar-refractivity contribution in [2.75, 3.05) is 11.1 Å². The zero-order valence-electron chi connectivity index (χ0n) is 14.2. The van der Waals surface area contributed by atoms with Crippen LogP contribution >= 0.6 is 0 Å². The number of carbonyl (C=O) groups excluding carboxylic acids is 1. The largest absolute Gasteiger partial charge is 0.397 e. The molecule has 0 radical (unpaired) electrons. The molecule has 26 heavy (non-hydrogen) atoms. The van der Waals surface area contributed by atoms with E-state index in [-0.39, 0.29) is 11.8 Å². The number of nitrogen functional groups attached to an aromatic ring is 1. The third-order valence-corrected chi connectivity index (χ3v) is 4.61. The van der Waals surface area contributed by atoms with E-state index in [9.17, 15) is 4.79 Å². The van der Waals surface area contributed by atoms with Gasteiger partial charge in [-0.05, 0) is 47.9 Å². The second-order valence-electron chi connectivity index (χ2n) is 6.39. The Morgan fingerprint density at radius 2 is 1.69 bits per heavy atom. The van der Waals surface area contributed by atoms with Crippen molar-refractivity contribution in [2.24, 2.45) is 4.99 Å². The molecule has 1 aliphatic heterocycles. The number of hydrogen-bond donors (Lipinski definition) is 2. The number of aliphatic imine (C=N–C) groups is 1. The van der Waals surface area contributed by atoms with E-state index < -0.39 is 0 Å². The average molecular weight is 341 g/mol. The highest BCUT2D eigenvalue weighted by Crippen LogP contribution is 2.33. The van der Waals surface area contributed by atoms with E-state index >= 15 is 0 Å². The van der Waals surface area contributed by atoms with Gasteiger partial charge in [-0.3, -0.25) is 9.79 Å². The Bertz CT molecular complexity index is 977. The van der Waals surface area contributed by atoms with Gasteiger partial charge in [-0.2, -0.15) is 0 Å². The molecule has 3 aromatic carbocycles. The van der Waals surface area contributed by atoms with Crippen LogP contribution in [0.15, 0.2) is 77.8 Å². The molecule has 0 spiro atoms. The maximum absolute atomic E-state index is 12.4. The fraction of sp³-hybridized carbons (Fsp3) is 0.0909. The SMILES string of the molecule is Nc1ccccc1NC(=O)c1ccc(CC2C=Nc3ccccc32)cc1. The lowest BCUT2D eigenvalue weighted by atomic mass is 9.93. The summed E-state index contributed by atoms with van der Waals surface area (Å²) in [5.74, 6) is 0.122. The highest BCUT2D eigenvalue weighted by atomic mass is 16.1. The number of carbonyl (C=O) groups is 1. The molecule has 4 rings (SSSR count). The number of amides is 1. The summed E-state index contributed by atoms with van der Waals surface area (Å²) in [5, 5.41) is 2.85. The van der Waals surface area contributed by atoms with Gasteiger partial charge in [0.05, 0.1) is 17.1 Å². The Morgan fingerprint density at radius 1 is 0.962 bits per heavy atom. The minimum absolute atomic E-state index is 0.165. The number of nitrogens with zero attached hydrogens (tertiary/aromatic N) is 1. The number of anilines is 2. The van der Waals surface area contributed by atoms with Crippen molar-refractivity contribution < 1.29 is 4.79 Å². The summed E-state index contributed by atoms with van der Waals surface area (Å²) >= 11 is 0. The summed E-state index contributed by atoms with van der Waals surface area (Å²) < 4.78 is 0. The Kier molecular flexibility index (Phi) is 4.23. The van der Waals surface area contributed by atoms with Crippen molar-refractivity contribution in [3.63, 3.8) is 0 Å². The summed E-state index contributed by atoms with van der Waals surface area (Å²) in [7, 11) is 0. The molecular weight excluding hydrogens is 322 g/mol. The molecule has 1 atom stereocenters. The van der Waals surface area contributed by atoms with Gasteiger partial charge in [-0.15, -0.1) is 0 Å². The van der Waals surface area contributed by atoms with Gasteiger partial charge in [0.25, 0.3) is 5.91 Å². The number of benzene rings is 3. The Labute approximate surface area is 152 Å². The summed E-state index contributed by atoms with van der Waals surface area (Å²) in [5.41, 5.74) is 11.1. The average Bonchev–Trinajstić information content (AvgIpc) is 3.07. The maximum atomic E-state index is 12.4. The van der Waals surface area contributed by atoms with Crippen LogP contribution in [0.3, 0.4) is 0 Å². The number of hydrogen-bond acceptors (Lipinski definition) is 3. The molecule has 3 N–H and O–H groups in total. The van der Waals surface area contributed by atoms with Gasteiger partial charge < -0.3 is 11.1 Å². The zero-order valence-corrected chi connectivity index (χ0v) is 14.2. The van der Waals surface area contributed by atoms with Crippen molar-refractivity contribution in [1.29, 1.82) is 0 Å². The minimum Gasteiger partial charge on any atom is -0.397 e. The summed E-state index contributed by atoms with van der Waals surface area (Å²) in [6, 6.07) is 23.1. The van der Waals surface area contributed by atoms with E-state index in [0.717, 1.165) is 12.1 Å². The molecule has 128 valence electrons. The molecule has 1 aliphatic rings. The Balaban J connectivity index is 1.45. The first-order chi connectivity index (χ1) is 12.7. The number of fused-ring (bicyclic) bond motifs is 1. The third kappa shape index (κ3) is 3.22. The molecule has 0 saturated heterocycles. The molecule has 0 bridgehead atoms. The van der Waals surface area contributed by atoms with Gasteiger partial charge in [0.1, 0.15) is 0 Å². The molecule has 1 heterocycles. The summed E-state index contributed by atoms with van der Waals surface area (Å²) in [4.78, 5) is 16.9. The first-order valence-electron chi connectivity index (χ1n) is 8.58. The monoisotopic (exact) mass is 341 g/mol. The van der Waals surface area contributed by atoms with Crippen molar-refractivity contribution in [1.82, 2.24) is 0 Å². The summed E-state index contributed by atoms with van der Waals surface area (Å²) in [6.45, 7) is 0. The number of para-hydroxylation sites is 3. The van der Waals surface area contributed by atoms with Crippen molar-refractivity contribution in [3.8, 4) is 0 Å². The standard InChI is InChI=1S/C22H19N3O/c23-19-6-2-4-8-21(19)25-22(26)16-11-9-15(10-12-16)13-17-14-24-20-7-3-1-5-18(17)20/h1-12,14,17H,13,23H2,(H,25,26). The van der Waals surface area contributed by atoms with Crippen LogP contribution in [0.2, 0.25) is 0 Å². The molecule has 1 amide bonds. The van der Waals surface area contributed by atoms with Crippen LogP contribution in [0.25, 0.3) is 0 Å². The van der Waals surface area contributed by atoms with Crippen molar-refractivity contribution >= 4 is 29.2 Å². The van der Waals surface area contributed by atoms with Gasteiger partial charge in [-0.1, -0.05) is 42.5 Å². The number of rotatable bonds is 4. The van der Waals surface area contributed by atoms with Gasteiger partial charge in [0, 0.05) is 17.7 Å². The predicted molar refractivity (Wildman–Crippen MR) is 106 cm³/mol. The van der Waals surface area contributed by atoms with E-state index in [2.05, 4.69) is 16.4 Å². The molecule has 0 aromatic heterocycles. The normalized spacial score (nSPS) is 14.8. The maximum Gasteiger partial charge on any atom is 0.255 e. The second kappa shape index (κ2) is 6.84. The van der Waals surface area contributed by atoms with Gasteiger partial charge >= 0.3 is 0 Å². The second-order valence-corrected chi connectivity index (χ2v) is 6.39. The predicted octanol–water partition coefficient (Wildman–Crippen LogP) is 4.56. The van der Waals surface area contributed by atoms with Crippen LogP contribution in [-0.2, 0) is 6.42 Å². The van der Waals surface area contributed by atoms with E-state index in [4.69, 9.17) is 5.73 Å². The summed E-state index contributed by atoms with van der Waals surface area (Å²) in [6.07, 6.45) is 2.87. The van der Waals surface area contributed by atoms with E-state index in [0.29, 0.717) is 16.9 Å². The number of nitrogens with one attached hydrogen (secondary N) is 1. The van der Waals surface area contributed by atoms with E-state index in [1.54, 1.807) is 12.1 Å². The molecule has 0 aliphatic carbocycles. The molecule has 0 fully saturated rings. The van der Waals surface area contributed by atoms with Crippen LogP contribution in [-0.4, -0.2) is 12.1 Å². The molecule has 0 saturated carbocycles. The number of nitrogens with two attached hydrogens (primary N) is 1. The van der Waals surface area contributed by atoms with Crippen LogP contribution in [0.5, 0.6) is 0 Å². The topological polar surface area (TPSA) is 67.5 Å².